The Hall–Kier alpha value is -1.91. The number of rotatable bonds is 3. The van der Waals surface area contributed by atoms with Gasteiger partial charge >= 0.3 is 0 Å². The molecular formula is C10H13N3O2. The molecule has 1 N–H and O–H groups in total. The summed E-state index contributed by atoms with van der Waals surface area (Å²) in [5.74, 6) is 0. The number of aromatic nitrogens is 1. The van der Waals surface area contributed by atoms with E-state index in [-0.39, 0.29) is 0 Å². The van der Waals surface area contributed by atoms with Crippen LogP contribution in [-0.4, -0.2) is 32.9 Å². The Morgan fingerprint density at radius 2 is 2.27 bits per heavy atom. The maximum Gasteiger partial charge on any atom is 0.205 e. The van der Waals surface area contributed by atoms with E-state index in [9.17, 15) is 5.21 Å². The van der Waals surface area contributed by atoms with Crippen molar-refractivity contribution in [2.75, 3.05) is 0 Å². The molecule has 0 fully saturated rings. The van der Waals surface area contributed by atoms with Crippen LogP contribution in [0.4, 0.5) is 0 Å². The lowest BCUT2D eigenvalue weighted by Crippen LogP contribution is -2.35. The van der Waals surface area contributed by atoms with Crippen molar-refractivity contribution in [2.45, 2.75) is 19.4 Å². The summed E-state index contributed by atoms with van der Waals surface area (Å²) in [7, 11) is 0. The number of pyridine rings is 1. The molecule has 0 atom stereocenters. The summed E-state index contributed by atoms with van der Waals surface area (Å²) >= 11 is 0. The van der Waals surface area contributed by atoms with Gasteiger partial charge in [0.25, 0.3) is 0 Å². The molecule has 0 spiro atoms. The maximum atomic E-state index is 11.6. The van der Waals surface area contributed by atoms with Crippen LogP contribution in [0.25, 0.3) is 0 Å². The number of oxime groups is 1. The topological polar surface area (TPSA) is 71.5 Å². The van der Waals surface area contributed by atoms with Gasteiger partial charge < -0.3 is 10.4 Å². The first kappa shape index (κ1) is 11.2. The van der Waals surface area contributed by atoms with Crippen molar-refractivity contribution < 1.29 is 9.95 Å². The molecule has 5 nitrogen and oxygen atoms in total. The van der Waals surface area contributed by atoms with Gasteiger partial charge in [0.2, 0.25) is 11.8 Å². The molecule has 5 heteroatoms. The standard InChI is InChI=1S/C10H13N3O2/c1-10(2,8-12-14)13(15)7-9-5-3-4-6-11-9/h3-8,14H,1-2H3/b12-8+,13-7-. The van der Waals surface area contributed by atoms with E-state index in [0.29, 0.717) is 10.4 Å². The van der Waals surface area contributed by atoms with E-state index >= 15 is 0 Å². The highest BCUT2D eigenvalue weighted by atomic mass is 16.5. The van der Waals surface area contributed by atoms with Crippen LogP contribution in [0, 0.1) is 5.21 Å². The molecular weight excluding hydrogens is 194 g/mol. The minimum atomic E-state index is -0.897. The van der Waals surface area contributed by atoms with Crippen LogP contribution < -0.4 is 0 Å². The highest BCUT2D eigenvalue weighted by Gasteiger charge is 2.24. The molecule has 1 rings (SSSR count). The molecule has 1 aromatic rings. The van der Waals surface area contributed by atoms with Gasteiger partial charge in [-0.25, -0.2) is 0 Å². The highest BCUT2D eigenvalue weighted by molar-refractivity contribution is 5.74. The van der Waals surface area contributed by atoms with Crippen molar-refractivity contribution >= 4 is 12.4 Å². The van der Waals surface area contributed by atoms with Gasteiger partial charge in [0.1, 0.15) is 11.9 Å². The average Bonchev–Trinajstić information content (AvgIpc) is 2.19. The van der Waals surface area contributed by atoms with Gasteiger partial charge in [-0.05, 0) is 12.1 Å². The number of hydrogen-bond donors (Lipinski definition) is 1. The fourth-order valence-electron chi connectivity index (χ4n) is 0.937. The van der Waals surface area contributed by atoms with Gasteiger partial charge in [-0.15, -0.1) is 0 Å². The van der Waals surface area contributed by atoms with Crippen LogP contribution in [0.5, 0.6) is 0 Å². The minimum Gasteiger partial charge on any atom is -0.623 e. The van der Waals surface area contributed by atoms with E-state index in [1.807, 2.05) is 0 Å². The molecule has 80 valence electrons. The predicted octanol–water partition coefficient (Wildman–Crippen LogP) is 1.25. The Bertz CT molecular complexity index is 372. The first-order valence-corrected chi connectivity index (χ1v) is 4.47. The molecule has 0 aromatic carbocycles. The molecule has 1 heterocycles. The SMILES string of the molecule is CC(C)(/C=N/O)/[N+]([O-])=C/c1ccccn1. The zero-order valence-electron chi connectivity index (χ0n) is 8.66. The Labute approximate surface area is 88.0 Å². The molecule has 0 unspecified atom stereocenters. The molecule has 0 aliphatic heterocycles. The first-order chi connectivity index (χ1) is 7.06. The van der Waals surface area contributed by atoms with Crippen LogP contribution in [0.15, 0.2) is 29.6 Å². The second kappa shape index (κ2) is 4.54. The van der Waals surface area contributed by atoms with E-state index < -0.39 is 5.54 Å². The highest BCUT2D eigenvalue weighted by Crippen LogP contribution is 2.04. The van der Waals surface area contributed by atoms with E-state index in [1.54, 1.807) is 38.2 Å². The molecule has 0 radical (unpaired) electrons. The van der Waals surface area contributed by atoms with Crippen molar-refractivity contribution in [1.82, 2.24) is 4.98 Å². The fraction of sp³-hybridized carbons (Fsp3) is 0.300. The van der Waals surface area contributed by atoms with Crippen LogP contribution in [0.2, 0.25) is 0 Å². The zero-order valence-corrected chi connectivity index (χ0v) is 8.66. The summed E-state index contributed by atoms with van der Waals surface area (Å²) in [5, 5.41) is 22.9. The largest absolute Gasteiger partial charge is 0.623 e. The maximum absolute atomic E-state index is 11.6. The van der Waals surface area contributed by atoms with Crippen LogP contribution >= 0.6 is 0 Å². The van der Waals surface area contributed by atoms with Crippen LogP contribution in [0.1, 0.15) is 19.5 Å². The fourth-order valence-corrected chi connectivity index (χ4v) is 0.937. The van der Waals surface area contributed by atoms with E-state index in [0.717, 1.165) is 0 Å². The molecule has 1 aromatic heterocycles. The second-order valence-corrected chi connectivity index (χ2v) is 3.61. The molecule has 0 aliphatic carbocycles. The summed E-state index contributed by atoms with van der Waals surface area (Å²) in [5.41, 5.74) is -0.335. The monoisotopic (exact) mass is 207 g/mol. The van der Waals surface area contributed by atoms with Gasteiger partial charge in [0.05, 0.1) is 0 Å². The lowest BCUT2D eigenvalue weighted by molar-refractivity contribution is -0.511. The van der Waals surface area contributed by atoms with Crippen LogP contribution in [-0.2, 0) is 0 Å². The number of hydroxylamine groups is 1. The molecule has 0 aliphatic rings. The van der Waals surface area contributed by atoms with Gasteiger partial charge in [0, 0.05) is 20.0 Å². The van der Waals surface area contributed by atoms with Crippen molar-refractivity contribution in [3.05, 3.63) is 35.3 Å². The molecule has 0 bridgehead atoms. The summed E-state index contributed by atoms with van der Waals surface area (Å²) in [6.45, 7) is 3.28. The summed E-state index contributed by atoms with van der Waals surface area (Å²) in [6, 6.07) is 5.28. The Kier molecular flexibility index (Phi) is 3.38. The zero-order chi connectivity index (χ0) is 11.3. The smallest absolute Gasteiger partial charge is 0.205 e. The Balaban J connectivity index is 2.94. The second-order valence-electron chi connectivity index (χ2n) is 3.61. The first-order valence-electron chi connectivity index (χ1n) is 4.47. The third-order valence-corrected chi connectivity index (χ3v) is 1.88. The minimum absolute atomic E-state index is 0.562. The van der Waals surface area contributed by atoms with Crippen molar-refractivity contribution in [1.29, 1.82) is 0 Å². The lowest BCUT2D eigenvalue weighted by atomic mass is 10.1. The molecule has 0 saturated heterocycles. The molecule has 0 saturated carbocycles. The lowest BCUT2D eigenvalue weighted by Gasteiger charge is -2.18. The van der Waals surface area contributed by atoms with Gasteiger partial charge in [-0.3, -0.25) is 4.98 Å². The van der Waals surface area contributed by atoms with E-state index in [4.69, 9.17) is 5.21 Å². The quantitative estimate of drug-likeness (QED) is 0.266. The summed E-state index contributed by atoms with van der Waals surface area (Å²) < 4.78 is 0.690. The third-order valence-electron chi connectivity index (χ3n) is 1.88. The third kappa shape index (κ3) is 3.05. The normalized spacial score (nSPS) is 13.3. The molecule has 15 heavy (non-hydrogen) atoms. The van der Waals surface area contributed by atoms with Crippen molar-refractivity contribution in [3.63, 3.8) is 0 Å². The van der Waals surface area contributed by atoms with Gasteiger partial charge in [-0.1, -0.05) is 11.2 Å². The van der Waals surface area contributed by atoms with Crippen LogP contribution in [0.3, 0.4) is 0 Å². The average molecular weight is 207 g/mol. The Morgan fingerprint density at radius 3 is 2.80 bits per heavy atom. The Morgan fingerprint density at radius 1 is 1.53 bits per heavy atom. The van der Waals surface area contributed by atoms with E-state index in [2.05, 4.69) is 10.1 Å². The predicted molar refractivity (Wildman–Crippen MR) is 57.4 cm³/mol. The number of hydrogen-bond acceptors (Lipinski definition) is 4. The van der Waals surface area contributed by atoms with Crippen molar-refractivity contribution in [3.8, 4) is 0 Å². The summed E-state index contributed by atoms with van der Waals surface area (Å²) in [6.07, 6.45) is 4.12. The van der Waals surface area contributed by atoms with Gasteiger partial charge in [0.15, 0.2) is 0 Å². The van der Waals surface area contributed by atoms with Gasteiger partial charge in [-0.2, -0.15) is 4.74 Å². The number of nitrogens with zero attached hydrogens (tertiary/aromatic N) is 3. The summed E-state index contributed by atoms with van der Waals surface area (Å²) in [4.78, 5) is 3.99. The van der Waals surface area contributed by atoms with E-state index in [1.165, 1.54) is 12.4 Å². The van der Waals surface area contributed by atoms with Crippen molar-refractivity contribution in [2.24, 2.45) is 5.16 Å². The molecule has 0 amide bonds.